The second-order valence-electron chi connectivity index (χ2n) is 7.99. The van der Waals surface area contributed by atoms with Crippen molar-refractivity contribution >= 4 is 33.4 Å². The number of benzene rings is 2. The SMILES string of the molecule is COc1ccc(S(=O)(=O)N(CC(=O)NCCSC2CCCCC2)c2ccc(F)cc2)cc1OC. The summed E-state index contributed by atoms with van der Waals surface area (Å²) in [5.74, 6) is 0.457. The molecule has 0 unspecified atom stereocenters. The number of amides is 1. The van der Waals surface area contributed by atoms with Gasteiger partial charge in [0.2, 0.25) is 5.91 Å². The van der Waals surface area contributed by atoms with Crippen LogP contribution in [0.3, 0.4) is 0 Å². The van der Waals surface area contributed by atoms with Gasteiger partial charge < -0.3 is 14.8 Å². The molecule has 1 N–H and O–H groups in total. The predicted molar refractivity (Wildman–Crippen MR) is 133 cm³/mol. The molecule has 0 saturated heterocycles. The third kappa shape index (κ3) is 6.79. The van der Waals surface area contributed by atoms with Gasteiger partial charge in [0, 0.05) is 23.6 Å². The molecule has 1 aliphatic carbocycles. The minimum atomic E-state index is -4.16. The summed E-state index contributed by atoms with van der Waals surface area (Å²) in [4.78, 5) is 12.6. The van der Waals surface area contributed by atoms with Gasteiger partial charge in [-0.25, -0.2) is 12.8 Å². The van der Waals surface area contributed by atoms with Crippen molar-refractivity contribution in [3.05, 3.63) is 48.3 Å². The summed E-state index contributed by atoms with van der Waals surface area (Å²) in [6.45, 7) is 0.0179. The molecule has 34 heavy (non-hydrogen) atoms. The Morgan fingerprint density at radius 3 is 2.38 bits per heavy atom. The van der Waals surface area contributed by atoms with Crippen molar-refractivity contribution in [2.24, 2.45) is 0 Å². The highest BCUT2D eigenvalue weighted by atomic mass is 32.2. The number of thioether (sulfide) groups is 1. The van der Waals surface area contributed by atoms with Gasteiger partial charge in [-0.2, -0.15) is 11.8 Å². The average molecular weight is 511 g/mol. The number of ether oxygens (including phenoxy) is 2. The lowest BCUT2D eigenvalue weighted by Crippen LogP contribution is -2.41. The summed E-state index contributed by atoms with van der Waals surface area (Å²) in [6.07, 6.45) is 6.22. The first kappa shape index (κ1) is 26.2. The summed E-state index contributed by atoms with van der Waals surface area (Å²) in [6, 6.07) is 9.18. The minimum absolute atomic E-state index is 0.0740. The first-order valence-electron chi connectivity index (χ1n) is 11.2. The molecule has 0 heterocycles. The van der Waals surface area contributed by atoms with Crippen molar-refractivity contribution in [2.75, 3.05) is 37.4 Å². The van der Waals surface area contributed by atoms with Gasteiger partial charge in [-0.05, 0) is 49.2 Å². The molecule has 0 atom stereocenters. The van der Waals surface area contributed by atoms with Crippen LogP contribution in [0.1, 0.15) is 32.1 Å². The van der Waals surface area contributed by atoms with Gasteiger partial charge in [-0.1, -0.05) is 19.3 Å². The number of anilines is 1. The number of carbonyl (C=O) groups excluding carboxylic acids is 1. The predicted octanol–water partition coefficient (Wildman–Crippen LogP) is 4.22. The highest BCUT2D eigenvalue weighted by Gasteiger charge is 2.28. The van der Waals surface area contributed by atoms with Crippen LogP contribution in [0.15, 0.2) is 47.4 Å². The quantitative estimate of drug-likeness (QED) is 0.456. The third-order valence-electron chi connectivity index (χ3n) is 5.67. The van der Waals surface area contributed by atoms with Gasteiger partial charge in [-0.15, -0.1) is 0 Å². The molecule has 0 aromatic heterocycles. The van der Waals surface area contributed by atoms with E-state index in [4.69, 9.17) is 9.47 Å². The number of hydrogen-bond acceptors (Lipinski definition) is 6. The van der Waals surface area contributed by atoms with E-state index in [0.717, 1.165) is 22.2 Å². The Balaban J connectivity index is 1.74. The second-order valence-corrected chi connectivity index (χ2v) is 11.3. The van der Waals surface area contributed by atoms with Crippen molar-refractivity contribution in [3.63, 3.8) is 0 Å². The van der Waals surface area contributed by atoms with Crippen LogP contribution in [0.5, 0.6) is 11.5 Å². The van der Waals surface area contributed by atoms with E-state index in [9.17, 15) is 17.6 Å². The van der Waals surface area contributed by atoms with Gasteiger partial charge in [0.15, 0.2) is 11.5 Å². The largest absolute Gasteiger partial charge is 0.493 e. The molecule has 0 aliphatic heterocycles. The molecule has 1 saturated carbocycles. The summed E-state index contributed by atoms with van der Waals surface area (Å²) in [5.41, 5.74) is 0.183. The maximum absolute atomic E-state index is 13.5. The Bertz CT molecular complexity index is 1060. The summed E-state index contributed by atoms with van der Waals surface area (Å²) >= 11 is 1.85. The first-order valence-corrected chi connectivity index (χ1v) is 13.7. The fraction of sp³-hybridized carbons (Fsp3) is 0.458. The lowest BCUT2D eigenvalue weighted by molar-refractivity contribution is -0.119. The number of rotatable bonds is 11. The van der Waals surface area contributed by atoms with Crippen LogP contribution in [0, 0.1) is 5.82 Å². The lowest BCUT2D eigenvalue weighted by Gasteiger charge is -2.25. The van der Waals surface area contributed by atoms with E-state index in [1.807, 2.05) is 11.8 Å². The van der Waals surface area contributed by atoms with Gasteiger partial charge in [-0.3, -0.25) is 9.10 Å². The van der Waals surface area contributed by atoms with Crippen molar-refractivity contribution in [2.45, 2.75) is 42.2 Å². The van der Waals surface area contributed by atoms with Crippen molar-refractivity contribution in [3.8, 4) is 11.5 Å². The molecule has 1 aliphatic rings. The molecule has 2 aromatic carbocycles. The van der Waals surface area contributed by atoms with Gasteiger partial charge in [0.25, 0.3) is 10.0 Å². The molecule has 10 heteroatoms. The average Bonchev–Trinajstić information content (AvgIpc) is 2.86. The Morgan fingerprint density at radius 2 is 1.74 bits per heavy atom. The number of carbonyl (C=O) groups is 1. The van der Waals surface area contributed by atoms with Crippen molar-refractivity contribution in [1.29, 1.82) is 0 Å². The Morgan fingerprint density at radius 1 is 1.06 bits per heavy atom. The van der Waals surface area contributed by atoms with E-state index < -0.39 is 28.3 Å². The zero-order valence-corrected chi connectivity index (χ0v) is 21.1. The molecule has 0 spiro atoms. The molecule has 0 bridgehead atoms. The van der Waals surface area contributed by atoms with Crippen LogP contribution in [0.4, 0.5) is 10.1 Å². The molecular weight excluding hydrogens is 479 g/mol. The fourth-order valence-electron chi connectivity index (χ4n) is 3.86. The van der Waals surface area contributed by atoms with E-state index in [0.29, 0.717) is 17.5 Å². The van der Waals surface area contributed by atoms with Crippen LogP contribution in [0.25, 0.3) is 0 Å². The third-order valence-corrected chi connectivity index (χ3v) is 8.83. The minimum Gasteiger partial charge on any atom is -0.493 e. The van der Waals surface area contributed by atoms with E-state index in [-0.39, 0.29) is 16.3 Å². The Hall–Kier alpha value is -2.46. The normalized spacial score (nSPS) is 14.4. The van der Waals surface area contributed by atoms with Crippen LogP contribution in [0.2, 0.25) is 0 Å². The highest BCUT2D eigenvalue weighted by molar-refractivity contribution is 7.99. The standard InChI is InChI=1S/C24H31FN2O5S2/c1-31-22-13-12-21(16-23(22)32-2)34(29,30)27(19-10-8-18(25)9-11-19)17-24(28)26-14-15-33-20-6-4-3-5-7-20/h8-13,16,20H,3-7,14-15,17H2,1-2H3,(H,26,28). The Kier molecular flexibility index (Phi) is 9.46. The molecule has 2 aromatic rings. The lowest BCUT2D eigenvalue weighted by atomic mass is 10.0. The smallest absolute Gasteiger partial charge is 0.264 e. The zero-order chi connectivity index (χ0) is 24.6. The van der Waals surface area contributed by atoms with Crippen LogP contribution >= 0.6 is 11.8 Å². The van der Waals surface area contributed by atoms with E-state index in [2.05, 4.69) is 5.32 Å². The zero-order valence-electron chi connectivity index (χ0n) is 19.5. The molecule has 186 valence electrons. The number of halogens is 1. The number of nitrogens with zero attached hydrogens (tertiary/aromatic N) is 1. The van der Waals surface area contributed by atoms with E-state index in [1.165, 1.54) is 76.7 Å². The molecular formula is C24H31FN2O5S2. The highest BCUT2D eigenvalue weighted by Crippen LogP contribution is 2.32. The van der Waals surface area contributed by atoms with Gasteiger partial charge in [0.05, 0.1) is 24.8 Å². The van der Waals surface area contributed by atoms with E-state index >= 15 is 0 Å². The maximum atomic E-state index is 13.5. The fourth-order valence-corrected chi connectivity index (χ4v) is 6.52. The second kappa shape index (κ2) is 12.3. The summed E-state index contributed by atoms with van der Waals surface area (Å²) in [5, 5.41) is 3.44. The van der Waals surface area contributed by atoms with Crippen molar-refractivity contribution < 1.29 is 27.1 Å². The molecule has 3 rings (SSSR count). The van der Waals surface area contributed by atoms with Gasteiger partial charge in [0.1, 0.15) is 12.4 Å². The number of hydrogen-bond donors (Lipinski definition) is 1. The topological polar surface area (TPSA) is 84.9 Å². The molecule has 1 fully saturated rings. The number of nitrogens with one attached hydrogen (secondary N) is 1. The van der Waals surface area contributed by atoms with Crippen LogP contribution in [-0.4, -0.2) is 52.6 Å². The Labute approximate surface area is 205 Å². The van der Waals surface area contributed by atoms with Gasteiger partial charge >= 0.3 is 0 Å². The van der Waals surface area contributed by atoms with E-state index in [1.54, 1.807) is 0 Å². The summed E-state index contributed by atoms with van der Waals surface area (Å²) < 4.78 is 51.9. The number of methoxy groups -OCH3 is 2. The van der Waals surface area contributed by atoms with Crippen LogP contribution < -0.4 is 19.1 Å². The maximum Gasteiger partial charge on any atom is 0.264 e. The monoisotopic (exact) mass is 510 g/mol. The number of sulfonamides is 1. The molecule has 7 nitrogen and oxygen atoms in total. The first-order chi connectivity index (χ1) is 16.3. The molecule has 1 amide bonds. The molecule has 0 radical (unpaired) electrons. The summed E-state index contributed by atoms with van der Waals surface area (Å²) in [7, 11) is -1.30. The van der Waals surface area contributed by atoms with Crippen molar-refractivity contribution in [1.82, 2.24) is 5.32 Å². The van der Waals surface area contributed by atoms with Crippen LogP contribution in [-0.2, 0) is 14.8 Å².